The molecule has 0 bridgehead atoms. The van der Waals surface area contributed by atoms with Gasteiger partial charge in [0.2, 0.25) is 0 Å². The number of carbonyl (C=O) groups is 2. The van der Waals surface area contributed by atoms with Gasteiger partial charge < -0.3 is 14.8 Å². The molecule has 1 fully saturated rings. The highest BCUT2D eigenvalue weighted by molar-refractivity contribution is 7.99. The fourth-order valence-electron chi connectivity index (χ4n) is 2.81. The molecule has 130 valence electrons. The number of halogens is 2. The predicted octanol–water partition coefficient (Wildman–Crippen LogP) is 3.31. The van der Waals surface area contributed by atoms with Crippen LogP contribution in [0, 0.1) is 6.92 Å². The minimum absolute atomic E-state index is 0.255. The number of aliphatic carboxylic acids is 1. The number of hydrogen-bond donors (Lipinski definition) is 0. The van der Waals surface area contributed by atoms with Gasteiger partial charge in [0, 0.05) is 11.3 Å². The first-order chi connectivity index (χ1) is 11.9. The van der Waals surface area contributed by atoms with Crippen LogP contribution in [0.15, 0.2) is 42.5 Å². The highest BCUT2D eigenvalue weighted by Crippen LogP contribution is 2.43. The second-order valence-corrected chi connectivity index (χ2v) is 7.65. The van der Waals surface area contributed by atoms with Crippen molar-refractivity contribution < 1.29 is 14.7 Å². The third kappa shape index (κ3) is 3.50. The number of carbonyl (C=O) groups excluding carboxylic acids is 2. The van der Waals surface area contributed by atoms with Crippen LogP contribution in [0.4, 0.5) is 0 Å². The molecule has 2 aromatic carbocycles. The number of rotatable bonds is 3. The van der Waals surface area contributed by atoms with Crippen molar-refractivity contribution >= 4 is 46.8 Å². The van der Waals surface area contributed by atoms with Crippen LogP contribution in [0.3, 0.4) is 0 Å². The Morgan fingerprint density at radius 2 is 1.88 bits per heavy atom. The van der Waals surface area contributed by atoms with Gasteiger partial charge in [-0.25, -0.2) is 0 Å². The highest BCUT2D eigenvalue weighted by Gasteiger charge is 2.40. The molecule has 0 unspecified atom stereocenters. The molecule has 1 aliphatic heterocycles. The maximum absolute atomic E-state index is 13.1. The van der Waals surface area contributed by atoms with Crippen LogP contribution in [0.1, 0.15) is 26.9 Å². The first-order valence-electron chi connectivity index (χ1n) is 7.56. The topological polar surface area (TPSA) is 60.4 Å². The number of aryl methyl sites for hydroxylation is 1. The van der Waals surface area contributed by atoms with Gasteiger partial charge in [-0.2, -0.15) is 0 Å². The summed E-state index contributed by atoms with van der Waals surface area (Å²) >= 11 is 13.4. The van der Waals surface area contributed by atoms with E-state index in [1.807, 2.05) is 19.1 Å². The van der Waals surface area contributed by atoms with Gasteiger partial charge in [-0.3, -0.25) is 4.79 Å². The number of nitrogens with zero attached hydrogens (tertiary/aromatic N) is 1. The van der Waals surface area contributed by atoms with Gasteiger partial charge in [0.05, 0.1) is 22.1 Å². The Kier molecular flexibility index (Phi) is 5.27. The molecule has 0 N–H and O–H groups in total. The molecule has 0 saturated carbocycles. The summed E-state index contributed by atoms with van der Waals surface area (Å²) in [7, 11) is 0. The molecule has 0 radical (unpaired) electrons. The van der Waals surface area contributed by atoms with E-state index in [4.69, 9.17) is 23.2 Å². The predicted molar refractivity (Wildman–Crippen MR) is 97.8 cm³/mol. The van der Waals surface area contributed by atoms with Crippen molar-refractivity contribution in [2.75, 3.05) is 5.75 Å². The SMILES string of the molecule is Cc1ccccc1C(=O)N1[C@@H](c2ccc(Cl)c(Cl)c2)SC[C@H]1C(=O)[O-]. The lowest BCUT2D eigenvalue weighted by Crippen LogP contribution is -2.49. The minimum atomic E-state index is -1.27. The third-order valence-electron chi connectivity index (χ3n) is 4.11. The average molecular weight is 395 g/mol. The first-order valence-corrected chi connectivity index (χ1v) is 9.36. The van der Waals surface area contributed by atoms with Crippen LogP contribution in [-0.2, 0) is 4.79 Å². The lowest BCUT2D eigenvalue weighted by molar-refractivity contribution is -0.310. The van der Waals surface area contributed by atoms with E-state index in [0.717, 1.165) is 11.1 Å². The molecular weight excluding hydrogens is 381 g/mol. The molecule has 2 atom stereocenters. The quantitative estimate of drug-likeness (QED) is 0.800. The van der Waals surface area contributed by atoms with Crippen molar-refractivity contribution in [3.8, 4) is 0 Å². The highest BCUT2D eigenvalue weighted by atomic mass is 35.5. The second kappa shape index (κ2) is 7.28. The average Bonchev–Trinajstić information content (AvgIpc) is 3.02. The fourth-order valence-corrected chi connectivity index (χ4v) is 4.52. The van der Waals surface area contributed by atoms with E-state index in [1.165, 1.54) is 16.7 Å². The zero-order chi connectivity index (χ0) is 18.1. The number of carboxylic acid groups (broad SMARTS) is 1. The van der Waals surface area contributed by atoms with Crippen LogP contribution in [0.2, 0.25) is 10.0 Å². The first kappa shape index (κ1) is 18.1. The molecule has 7 heteroatoms. The normalized spacial score (nSPS) is 19.9. The zero-order valence-corrected chi connectivity index (χ0v) is 15.6. The van der Waals surface area contributed by atoms with E-state index in [9.17, 15) is 14.7 Å². The molecule has 25 heavy (non-hydrogen) atoms. The van der Waals surface area contributed by atoms with Gasteiger partial charge in [0.25, 0.3) is 5.91 Å². The Balaban J connectivity index is 2.03. The van der Waals surface area contributed by atoms with E-state index in [0.29, 0.717) is 15.6 Å². The number of benzene rings is 2. The minimum Gasteiger partial charge on any atom is -0.548 e. The summed E-state index contributed by atoms with van der Waals surface area (Å²) in [4.78, 5) is 26.0. The van der Waals surface area contributed by atoms with Gasteiger partial charge in [-0.1, -0.05) is 47.5 Å². The summed E-state index contributed by atoms with van der Waals surface area (Å²) in [5, 5.41) is 11.9. The Morgan fingerprint density at radius 3 is 2.52 bits per heavy atom. The molecule has 3 rings (SSSR count). The number of thioether (sulfide) groups is 1. The summed E-state index contributed by atoms with van der Waals surface area (Å²) in [6, 6.07) is 11.2. The van der Waals surface area contributed by atoms with E-state index >= 15 is 0 Å². The monoisotopic (exact) mass is 394 g/mol. The lowest BCUT2D eigenvalue weighted by Gasteiger charge is -2.31. The molecular formula is C18H14Cl2NO3S-. The van der Waals surface area contributed by atoms with Gasteiger partial charge in [0.15, 0.2) is 0 Å². The molecule has 0 aromatic heterocycles. The molecule has 2 aromatic rings. The molecule has 0 spiro atoms. The smallest absolute Gasteiger partial charge is 0.255 e. The van der Waals surface area contributed by atoms with Crippen LogP contribution in [0.25, 0.3) is 0 Å². The maximum Gasteiger partial charge on any atom is 0.255 e. The van der Waals surface area contributed by atoms with E-state index in [2.05, 4.69) is 0 Å². The molecule has 4 nitrogen and oxygen atoms in total. The number of hydrogen-bond acceptors (Lipinski definition) is 4. The van der Waals surface area contributed by atoms with Crippen molar-refractivity contribution in [2.45, 2.75) is 18.3 Å². The van der Waals surface area contributed by atoms with Crippen molar-refractivity contribution in [2.24, 2.45) is 0 Å². The van der Waals surface area contributed by atoms with Crippen LogP contribution >= 0.6 is 35.0 Å². The standard InChI is InChI=1S/C18H15Cl2NO3S/c1-10-4-2-3-5-12(10)16(22)21-15(18(23)24)9-25-17(21)11-6-7-13(19)14(20)8-11/h2-8,15,17H,9H2,1H3,(H,23,24)/p-1/t15-,17+/m0/s1. The van der Waals surface area contributed by atoms with Crippen molar-refractivity contribution in [1.82, 2.24) is 4.90 Å². The van der Waals surface area contributed by atoms with Crippen LogP contribution in [0.5, 0.6) is 0 Å². The zero-order valence-electron chi connectivity index (χ0n) is 13.2. The van der Waals surface area contributed by atoms with E-state index < -0.39 is 17.4 Å². The van der Waals surface area contributed by atoms with Gasteiger partial charge >= 0.3 is 0 Å². The Bertz CT molecular complexity index is 843. The number of amides is 1. The van der Waals surface area contributed by atoms with E-state index in [1.54, 1.807) is 30.3 Å². The second-order valence-electron chi connectivity index (χ2n) is 5.72. The summed E-state index contributed by atoms with van der Waals surface area (Å²) in [5.74, 6) is -1.35. The van der Waals surface area contributed by atoms with Crippen molar-refractivity contribution in [1.29, 1.82) is 0 Å². The molecule has 1 aliphatic rings. The number of carboxylic acids is 1. The largest absolute Gasteiger partial charge is 0.548 e. The lowest BCUT2D eigenvalue weighted by atomic mass is 10.1. The molecule has 0 aliphatic carbocycles. The maximum atomic E-state index is 13.1. The van der Waals surface area contributed by atoms with E-state index in [-0.39, 0.29) is 11.7 Å². The van der Waals surface area contributed by atoms with Crippen LogP contribution < -0.4 is 5.11 Å². The molecule has 1 saturated heterocycles. The summed E-state index contributed by atoms with van der Waals surface area (Å²) in [5.41, 5.74) is 1.99. The van der Waals surface area contributed by atoms with Crippen molar-refractivity contribution in [3.63, 3.8) is 0 Å². The van der Waals surface area contributed by atoms with Crippen molar-refractivity contribution in [3.05, 3.63) is 69.2 Å². The summed E-state index contributed by atoms with van der Waals surface area (Å²) in [6.45, 7) is 1.82. The van der Waals surface area contributed by atoms with Gasteiger partial charge in [0.1, 0.15) is 5.37 Å². The van der Waals surface area contributed by atoms with Gasteiger partial charge in [-0.05, 0) is 36.2 Å². The fraction of sp³-hybridized carbons (Fsp3) is 0.222. The Morgan fingerprint density at radius 1 is 1.16 bits per heavy atom. The van der Waals surface area contributed by atoms with Crippen LogP contribution in [-0.4, -0.2) is 28.6 Å². The Hall–Kier alpha value is -1.69. The van der Waals surface area contributed by atoms with Gasteiger partial charge in [-0.15, -0.1) is 11.8 Å². The Labute approximate surface area is 159 Å². The molecule has 1 heterocycles. The third-order valence-corrected chi connectivity index (χ3v) is 6.17. The summed E-state index contributed by atoms with van der Waals surface area (Å²) in [6.07, 6.45) is 0. The molecule has 1 amide bonds. The summed E-state index contributed by atoms with van der Waals surface area (Å²) < 4.78 is 0.